The number of hydrogen-bond acceptors (Lipinski definition) is 2. The molecule has 3 nitrogen and oxygen atoms in total. The smallest absolute Gasteiger partial charge is 0.255 e. The lowest BCUT2D eigenvalue weighted by Crippen LogP contribution is -2.12. The van der Waals surface area contributed by atoms with Crippen molar-refractivity contribution >= 4 is 34.1 Å². The Bertz CT molecular complexity index is 980. The molecule has 0 unspecified atom stereocenters. The second-order valence-corrected chi connectivity index (χ2v) is 7.17. The van der Waals surface area contributed by atoms with Crippen molar-refractivity contribution in [3.8, 4) is 0 Å². The summed E-state index contributed by atoms with van der Waals surface area (Å²) in [5, 5.41) is 4.68. The van der Waals surface area contributed by atoms with E-state index in [4.69, 9.17) is 16.6 Å². The molecular weight excluding hydrogens is 344 g/mol. The molecule has 3 aromatic rings. The Kier molecular flexibility index (Phi) is 4.64. The second-order valence-electron chi connectivity index (χ2n) is 6.79. The number of carbonyl (C=O) groups excluding carboxylic acids is 1. The lowest BCUT2D eigenvalue weighted by Gasteiger charge is -2.18. The van der Waals surface area contributed by atoms with Gasteiger partial charge in [0.05, 0.1) is 10.5 Å². The van der Waals surface area contributed by atoms with E-state index >= 15 is 0 Å². The van der Waals surface area contributed by atoms with Crippen LogP contribution >= 0.6 is 11.6 Å². The molecule has 0 spiro atoms. The second kappa shape index (κ2) is 7.08. The lowest BCUT2D eigenvalue weighted by molar-refractivity contribution is 0.102. The number of halogens is 1. The number of aromatic nitrogens is 1. The van der Waals surface area contributed by atoms with Crippen molar-refractivity contribution in [3.63, 3.8) is 0 Å². The predicted molar refractivity (Wildman–Crippen MR) is 107 cm³/mol. The molecule has 1 aliphatic carbocycles. The van der Waals surface area contributed by atoms with E-state index in [1.807, 2.05) is 42.5 Å². The average Bonchev–Trinajstić information content (AvgIpc) is 2.68. The maximum absolute atomic E-state index is 12.6. The molecule has 1 heterocycles. The van der Waals surface area contributed by atoms with E-state index in [1.54, 1.807) is 0 Å². The molecule has 0 fully saturated rings. The highest BCUT2D eigenvalue weighted by molar-refractivity contribution is 6.36. The van der Waals surface area contributed by atoms with Crippen molar-refractivity contribution in [2.75, 3.05) is 5.32 Å². The van der Waals surface area contributed by atoms with E-state index in [0.717, 1.165) is 59.4 Å². The van der Waals surface area contributed by atoms with Gasteiger partial charge < -0.3 is 5.32 Å². The number of nitrogens with one attached hydrogen (secondary N) is 1. The molecule has 1 aromatic heterocycles. The summed E-state index contributed by atoms with van der Waals surface area (Å²) >= 11 is 6.61. The van der Waals surface area contributed by atoms with E-state index < -0.39 is 0 Å². The van der Waals surface area contributed by atoms with Crippen molar-refractivity contribution in [2.45, 2.75) is 39.0 Å². The van der Waals surface area contributed by atoms with Crippen LogP contribution in [-0.2, 0) is 19.3 Å². The number of pyridine rings is 1. The molecule has 26 heavy (non-hydrogen) atoms. The first-order valence-electron chi connectivity index (χ1n) is 9.17. The summed E-state index contributed by atoms with van der Waals surface area (Å²) in [6.07, 6.45) is 5.25. The first-order valence-corrected chi connectivity index (χ1v) is 9.55. The van der Waals surface area contributed by atoms with E-state index in [1.165, 1.54) is 11.1 Å². The SMILES string of the molecule is CCc1ccc(NC(=O)c2ccc3c(Cl)c4c(nc3c2)CCCC4)cc1. The third kappa shape index (κ3) is 3.19. The molecule has 2 aromatic carbocycles. The highest BCUT2D eigenvalue weighted by Gasteiger charge is 2.18. The summed E-state index contributed by atoms with van der Waals surface area (Å²) in [4.78, 5) is 17.4. The van der Waals surface area contributed by atoms with Crippen LogP contribution in [0, 0.1) is 0 Å². The largest absolute Gasteiger partial charge is 0.322 e. The van der Waals surface area contributed by atoms with Gasteiger partial charge in [0.15, 0.2) is 0 Å². The van der Waals surface area contributed by atoms with E-state index in [2.05, 4.69) is 12.2 Å². The monoisotopic (exact) mass is 364 g/mol. The van der Waals surface area contributed by atoms with Gasteiger partial charge in [0.1, 0.15) is 0 Å². The molecule has 0 bridgehead atoms. The molecule has 1 amide bonds. The number of nitrogens with zero attached hydrogens (tertiary/aromatic N) is 1. The van der Waals surface area contributed by atoms with Gasteiger partial charge in [-0.3, -0.25) is 9.78 Å². The maximum Gasteiger partial charge on any atom is 0.255 e. The lowest BCUT2D eigenvalue weighted by atomic mass is 9.94. The number of anilines is 1. The van der Waals surface area contributed by atoms with Crippen LogP contribution in [0.15, 0.2) is 42.5 Å². The van der Waals surface area contributed by atoms with Crippen LogP contribution in [0.5, 0.6) is 0 Å². The molecule has 4 rings (SSSR count). The van der Waals surface area contributed by atoms with Crippen LogP contribution < -0.4 is 5.32 Å². The van der Waals surface area contributed by atoms with Gasteiger partial charge in [0.25, 0.3) is 5.91 Å². The van der Waals surface area contributed by atoms with Crippen LogP contribution in [0.3, 0.4) is 0 Å². The topological polar surface area (TPSA) is 42.0 Å². The molecule has 0 saturated heterocycles. The van der Waals surface area contributed by atoms with E-state index in [0.29, 0.717) is 5.56 Å². The molecule has 0 saturated carbocycles. The number of amides is 1. The van der Waals surface area contributed by atoms with Gasteiger partial charge in [0.2, 0.25) is 0 Å². The quantitative estimate of drug-likeness (QED) is 0.659. The van der Waals surface area contributed by atoms with Crippen LogP contribution in [0.4, 0.5) is 5.69 Å². The summed E-state index contributed by atoms with van der Waals surface area (Å²) < 4.78 is 0. The molecule has 1 N–H and O–H groups in total. The van der Waals surface area contributed by atoms with Gasteiger partial charge in [-0.05, 0) is 67.5 Å². The molecule has 0 atom stereocenters. The van der Waals surface area contributed by atoms with E-state index in [-0.39, 0.29) is 5.91 Å². The van der Waals surface area contributed by atoms with Gasteiger partial charge >= 0.3 is 0 Å². The fourth-order valence-electron chi connectivity index (χ4n) is 3.54. The van der Waals surface area contributed by atoms with Gasteiger partial charge in [-0.25, -0.2) is 0 Å². The zero-order valence-corrected chi connectivity index (χ0v) is 15.6. The summed E-state index contributed by atoms with van der Waals surface area (Å²) in [5.74, 6) is -0.133. The summed E-state index contributed by atoms with van der Waals surface area (Å²) in [6, 6.07) is 13.5. The van der Waals surface area contributed by atoms with Crippen molar-refractivity contribution < 1.29 is 4.79 Å². The minimum absolute atomic E-state index is 0.133. The summed E-state index contributed by atoms with van der Waals surface area (Å²) in [6.45, 7) is 2.11. The minimum Gasteiger partial charge on any atom is -0.322 e. The first-order chi connectivity index (χ1) is 12.7. The molecule has 0 radical (unpaired) electrons. The molecule has 4 heteroatoms. The first kappa shape index (κ1) is 17.0. The third-order valence-corrected chi connectivity index (χ3v) is 5.51. The minimum atomic E-state index is -0.133. The molecular formula is C22H21ClN2O. The number of hydrogen-bond donors (Lipinski definition) is 1. The van der Waals surface area contributed by atoms with Crippen LogP contribution in [0.25, 0.3) is 10.9 Å². The Labute approximate surface area is 158 Å². The Morgan fingerprint density at radius 1 is 1.12 bits per heavy atom. The fourth-order valence-corrected chi connectivity index (χ4v) is 3.90. The Morgan fingerprint density at radius 2 is 1.88 bits per heavy atom. The Balaban J connectivity index is 1.64. The van der Waals surface area contributed by atoms with Crippen molar-refractivity contribution in [1.29, 1.82) is 0 Å². The summed E-state index contributed by atoms with van der Waals surface area (Å²) in [7, 11) is 0. The normalized spacial score (nSPS) is 13.5. The predicted octanol–water partition coefficient (Wildman–Crippen LogP) is 5.58. The highest BCUT2D eigenvalue weighted by atomic mass is 35.5. The number of rotatable bonds is 3. The molecule has 0 aliphatic heterocycles. The van der Waals surface area contributed by atoms with Crippen molar-refractivity contribution in [3.05, 3.63) is 69.9 Å². The number of carbonyl (C=O) groups is 1. The Hall–Kier alpha value is -2.39. The van der Waals surface area contributed by atoms with Gasteiger partial charge in [0, 0.05) is 22.3 Å². The highest BCUT2D eigenvalue weighted by Crippen LogP contribution is 2.33. The molecule has 132 valence electrons. The standard InChI is InChI=1S/C22H21ClN2O/c1-2-14-7-10-16(11-8-14)24-22(26)15-9-12-18-20(13-15)25-19-6-4-3-5-17(19)21(18)23/h7-13H,2-6H2,1H3,(H,24,26). The number of fused-ring (bicyclic) bond motifs is 2. The van der Waals surface area contributed by atoms with Gasteiger partial charge in [-0.15, -0.1) is 0 Å². The van der Waals surface area contributed by atoms with E-state index in [9.17, 15) is 4.79 Å². The maximum atomic E-state index is 12.6. The third-order valence-electron chi connectivity index (χ3n) is 5.08. The number of aryl methyl sites for hydroxylation is 2. The van der Waals surface area contributed by atoms with Crippen molar-refractivity contribution in [2.24, 2.45) is 0 Å². The van der Waals surface area contributed by atoms with Crippen LogP contribution in [0.1, 0.15) is 46.9 Å². The average molecular weight is 365 g/mol. The number of benzene rings is 2. The fraction of sp³-hybridized carbons (Fsp3) is 0.273. The van der Waals surface area contributed by atoms with Gasteiger partial charge in [-0.1, -0.05) is 36.7 Å². The molecule has 1 aliphatic rings. The zero-order valence-electron chi connectivity index (χ0n) is 14.8. The van der Waals surface area contributed by atoms with Crippen molar-refractivity contribution in [1.82, 2.24) is 4.98 Å². The van der Waals surface area contributed by atoms with Gasteiger partial charge in [-0.2, -0.15) is 0 Å². The summed E-state index contributed by atoms with van der Waals surface area (Å²) in [5.41, 5.74) is 5.70. The van der Waals surface area contributed by atoms with Crippen LogP contribution in [0.2, 0.25) is 5.02 Å². The zero-order chi connectivity index (χ0) is 18.1. The Morgan fingerprint density at radius 3 is 2.65 bits per heavy atom. The van der Waals surface area contributed by atoms with Crippen LogP contribution in [-0.4, -0.2) is 10.9 Å².